The highest BCUT2D eigenvalue weighted by Gasteiger charge is 1.96. The Balaban J connectivity index is 0.000000111. The fourth-order valence-electron chi connectivity index (χ4n) is 1.84. The summed E-state index contributed by atoms with van der Waals surface area (Å²) in [5.41, 5.74) is 2.69. The van der Waals surface area contributed by atoms with Crippen LogP contribution in [0, 0.1) is 0 Å². The molecule has 1 aromatic heterocycles. The molecule has 1 aliphatic carbocycles. The zero-order valence-corrected chi connectivity index (χ0v) is 11.4. The minimum atomic E-state index is 1.34. The van der Waals surface area contributed by atoms with Gasteiger partial charge in [-0.05, 0) is 50.9 Å². The molecule has 1 aliphatic heterocycles. The first-order valence-electron chi connectivity index (χ1n) is 5.77. The maximum absolute atomic E-state index is 2.16. The molecule has 2 aliphatic rings. The summed E-state index contributed by atoms with van der Waals surface area (Å²) in [5.74, 6) is 0. The molecular weight excluding hydrogens is 256 g/mol. The van der Waals surface area contributed by atoms with Gasteiger partial charge in [0.05, 0.1) is 0 Å². The molecule has 0 bridgehead atoms. The van der Waals surface area contributed by atoms with Crippen LogP contribution < -0.4 is 0 Å². The smallest absolute Gasteiger partial charge is 0.0342 e. The Hall–Kier alpha value is -1.64. The lowest BCUT2D eigenvalue weighted by molar-refractivity contribution is 1.84. The molecule has 0 unspecified atom stereocenters. The number of thiophene rings is 1. The van der Waals surface area contributed by atoms with Gasteiger partial charge in [-0.1, -0.05) is 36.4 Å². The van der Waals surface area contributed by atoms with E-state index >= 15 is 0 Å². The van der Waals surface area contributed by atoms with Crippen LogP contribution in [0.2, 0.25) is 0 Å². The van der Waals surface area contributed by atoms with E-state index in [1.54, 1.807) is 22.7 Å². The third-order valence-corrected chi connectivity index (χ3v) is 4.35. The van der Waals surface area contributed by atoms with Crippen LogP contribution in [0.15, 0.2) is 70.7 Å². The predicted molar refractivity (Wildman–Crippen MR) is 82.8 cm³/mol. The molecule has 0 fully saturated rings. The number of rotatable bonds is 0. The molecule has 88 valence electrons. The number of fused-ring (bicyclic) bond motifs is 2. The second kappa shape index (κ2) is 5.34. The molecule has 0 nitrogen and oxygen atoms in total. The lowest BCUT2D eigenvalue weighted by atomic mass is 10.2. The summed E-state index contributed by atoms with van der Waals surface area (Å²) < 4.78 is 1.37. The Bertz CT molecular complexity index is 648. The van der Waals surface area contributed by atoms with Crippen LogP contribution in [0.1, 0.15) is 0 Å². The Kier molecular flexibility index (Phi) is 3.40. The van der Waals surface area contributed by atoms with Gasteiger partial charge < -0.3 is 0 Å². The van der Waals surface area contributed by atoms with Crippen molar-refractivity contribution in [3.63, 3.8) is 0 Å². The minimum Gasteiger partial charge on any atom is -0.152 e. The van der Waals surface area contributed by atoms with E-state index in [1.807, 2.05) is 0 Å². The van der Waals surface area contributed by atoms with Crippen molar-refractivity contribution in [1.29, 1.82) is 0 Å². The molecule has 2 heteroatoms. The van der Waals surface area contributed by atoms with E-state index in [4.69, 9.17) is 0 Å². The second-order valence-electron chi connectivity index (χ2n) is 3.95. The van der Waals surface area contributed by atoms with Crippen molar-refractivity contribution in [2.45, 2.75) is 0 Å². The second-order valence-corrected chi connectivity index (χ2v) is 5.68. The maximum atomic E-state index is 2.16. The van der Waals surface area contributed by atoms with Crippen LogP contribution in [0.4, 0.5) is 0 Å². The first kappa shape index (κ1) is 11.5. The van der Waals surface area contributed by atoms with Gasteiger partial charge in [-0.2, -0.15) is 11.3 Å². The first-order valence-corrected chi connectivity index (χ1v) is 7.59. The van der Waals surface area contributed by atoms with Gasteiger partial charge in [-0.25, -0.2) is 0 Å². The van der Waals surface area contributed by atoms with E-state index in [1.165, 1.54) is 21.2 Å². The molecule has 1 aromatic carbocycles. The molecule has 0 spiro atoms. The van der Waals surface area contributed by atoms with Crippen molar-refractivity contribution in [1.82, 2.24) is 0 Å². The quantitative estimate of drug-likeness (QED) is 0.380. The van der Waals surface area contributed by atoms with E-state index in [-0.39, 0.29) is 0 Å². The van der Waals surface area contributed by atoms with Gasteiger partial charge in [-0.15, -0.1) is 11.3 Å². The number of benzene rings is 1. The summed E-state index contributed by atoms with van der Waals surface area (Å²) >= 11 is 3.52. The van der Waals surface area contributed by atoms with Gasteiger partial charge in [0.1, 0.15) is 0 Å². The molecule has 0 atom stereocenters. The van der Waals surface area contributed by atoms with Crippen molar-refractivity contribution < 1.29 is 0 Å². The molecule has 0 N–H and O–H groups in total. The summed E-state index contributed by atoms with van der Waals surface area (Å²) in [6.45, 7) is 0. The average Bonchev–Trinajstić information content (AvgIpc) is 3.08. The van der Waals surface area contributed by atoms with Gasteiger partial charge in [0.2, 0.25) is 0 Å². The molecule has 0 saturated carbocycles. The number of hydrogen-bond acceptors (Lipinski definition) is 2. The summed E-state index contributed by atoms with van der Waals surface area (Å²) in [7, 11) is 0. The average molecular weight is 268 g/mol. The molecular formula is C16H12S2. The SMILES string of the molecule is c1cc2ccscc-2c1.c1ccc2sccc2c1. The molecule has 2 heterocycles. The highest BCUT2D eigenvalue weighted by atomic mass is 32.1. The summed E-state index contributed by atoms with van der Waals surface area (Å²) in [6.07, 6.45) is 0. The number of hydrogen-bond donors (Lipinski definition) is 0. The Labute approximate surface area is 114 Å². The van der Waals surface area contributed by atoms with Crippen molar-refractivity contribution in [2.75, 3.05) is 0 Å². The monoisotopic (exact) mass is 268 g/mol. The van der Waals surface area contributed by atoms with Gasteiger partial charge in [-0.3, -0.25) is 0 Å². The Morgan fingerprint density at radius 2 is 1.56 bits per heavy atom. The molecule has 4 rings (SSSR count). The Morgan fingerprint density at radius 1 is 0.667 bits per heavy atom. The third kappa shape index (κ3) is 2.45. The van der Waals surface area contributed by atoms with Gasteiger partial charge in [0.25, 0.3) is 0 Å². The lowest BCUT2D eigenvalue weighted by Gasteiger charge is -1.91. The highest BCUT2D eigenvalue weighted by Crippen LogP contribution is 2.23. The molecule has 0 amide bonds. The fourth-order valence-corrected chi connectivity index (χ4v) is 3.29. The van der Waals surface area contributed by atoms with Crippen LogP contribution in [0.5, 0.6) is 0 Å². The molecule has 2 aromatic rings. The molecule has 18 heavy (non-hydrogen) atoms. The van der Waals surface area contributed by atoms with E-state index in [0.717, 1.165) is 0 Å². The summed E-state index contributed by atoms with van der Waals surface area (Å²) in [5, 5.41) is 7.73. The lowest BCUT2D eigenvalue weighted by Crippen LogP contribution is -1.64. The van der Waals surface area contributed by atoms with Crippen molar-refractivity contribution in [3.8, 4) is 11.1 Å². The summed E-state index contributed by atoms with van der Waals surface area (Å²) in [6, 6.07) is 19.0. The molecule has 0 radical (unpaired) electrons. The van der Waals surface area contributed by atoms with Crippen LogP contribution in [0.25, 0.3) is 21.2 Å². The van der Waals surface area contributed by atoms with Crippen LogP contribution in [-0.2, 0) is 0 Å². The fraction of sp³-hybridized carbons (Fsp3) is 0. The molecule has 0 saturated heterocycles. The topological polar surface area (TPSA) is 0 Å². The summed E-state index contributed by atoms with van der Waals surface area (Å²) in [4.78, 5) is 0. The Morgan fingerprint density at radius 3 is 2.44 bits per heavy atom. The largest absolute Gasteiger partial charge is 0.152 e. The van der Waals surface area contributed by atoms with E-state index < -0.39 is 0 Å². The van der Waals surface area contributed by atoms with Crippen molar-refractivity contribution in [3.05, 3.63) is 70.7 Å². The van der Waals surface area contributed by atoms with Crippen LogP contribution in [0.3, 0.4) is 0 Å². The van der Waals surface area contributed by atoms with Gasteiger partial charge in [0, 0.05) is 4.70 Å². The standard InChI is InChI=1S/2C8H6S/c1-2-7-4-5-9-6-8(7)3-1;1-2-4-8-7(3-1)5-6-9-8/h2*1-6H. The van der Waals surface area contributed by atoms with Gasteiger partial charge in [0.15, 0.2) is 0 Å². The maximum Gasteiger partial charge on any atom is 0.0342 e. The van der Waals surface area contributed by atoms with Crippen LogP contribution >= 0.6 is 22.7 Å². The zero-order valence-electron chi connectivity index (χ0n) is 9.74. The zero-order chi connectivity index (χ0) is 12.2. The van der Waals surface area contributed by atoms with E-state index in [0.29, 0.717) is 0 Å². The highest BCUT2D eigenvalue weighted by molar-refractivity contribution is 7.17. The van der Waals surface area contributed by atoms with E-state index in [2.05, 4.69) is 70.7 Å². The van der Waals surface area contributed by atoms with Crippen LogP contribution in [-0.4, -0.2) is 0 Å². The normalized spacial score (nSPS) is 10.2. The minimum absolute atomic E-state index is 1.34. The van der Waals surface area contributed by atoms with Crippen molar-refractivity contribution in [2.24, 2.45) is 0 Å². The predicted octanol–water partition coefficient (Wildman–Crippen LogP) is 5.75. The van der Waals surface area contributed by atoms with Gasteiger partial charge >= 0.3 is 0 Å². The van der Waals surface area contributed by atoms with E-state index in [9.17, 15) is 0 Å². The van der Waals surface area contributed by atoms with Crippen molar-refractivity contribution >= 4 is 32.8 Å². The first-order chi connectivity index (χ1) is 8.93. The third-order valence-electron chi connectivity index (χ3n) is 2.77.